The van der Waals surface area contributed by atoms with Gasteiger partial charge >= 0.3 is 70.3 Å². The Balaban J connectivity index is 0.000000253. The molecule has 1 aromatic heterocycles. The molecule has 6 N–H and O–H groups in total. The molecule has 5 aliphatic heterocycles. The first-order valence-corrected chi connectivity index (χ1v) is 31.9. The summed E-state index contributed by atoms with van der Waals surface area (Å²) in [6, 6.07) is 20.8. The summed E-state index contributed by atoms with van der Waals surface area (Å²) < 4.78 is 66.6. The van der Waals surface area contributed by atoms with E-state index in [1.807, 2.05) is 7.05 Å². The second-order valence-corrected chi connectivity index (χ2v) is 23.1. The summed E-state index contributed by atoms with van der Waals surface area (Å²) in [6.07, 6.45) is 10.6. The van der Waals surface area contributed by atoms with E-state index in [4.69, 9.17) is 24.7 Å². The number of aromatic nitrogens is 1. The van der Waals surface area contributed by atoms with Gasteiger partial charge < -0.3 is 81.8 Å². The van der Waals surface area contributed by atoms with Crippen molar-refractivity contribution in [2.75, 3.05) is 122 Å². The number of nitrogens with two attached hydrogens (primary N) is 1. The molecule has 11 rings (SSSR count). The number of carbonyl (C=O) groups excluding carboxylic acids is 2. The maximum absolute atomic E-state index is 13.2. The number of halogens is 3. The number of carboxylic acid groups (broad SMARTS) is 1. The molecular weight excluding hydrogens is 1260 g/mol. The minimum Gasteiger partial charge on any atom is -0.631 e. The SMILES string of the molecule is CNCCOCCOCCNC(=O)c1ccc(NCC#Cc2cc3c(N)cccc3n2CC(F)(F)F)c(OC)c1.C[CH-]CN(C)CCC.O=Cc1ccc(C(=O)O)c(C2=c3cc4c5c(c3Oc3c2cc2c6c3CCCN6CCCC2)CCC[N+]=5CCCC4)c1.[B-]C.[CH3-].[Rb+]. The summed E-state index contributed by atoms with van der Waals surface area (Å²) in [7, 11) is 9.97. The van der Waals surface area contributed by atoms with Gasteiger partial charge in [0.1, 0.15) is 43.2 Å². The van der Waals surface area contributed by atoms with Crippen LogP contribution in [0.1, 0.15) is 129 Å². The van der Waals surface area contributed by atoms with E-state index in [-0.39, 0.29) is 89.3 Å². The van der Waals surface area contributed by atoms with E-state index in [1.165, 1.54) is 73.0 Å². The molecule has 0 unspecified atom stereocenters. The van der Waals surface area contributed by atoms with Crippen LogP contribution in [0.5, 0.6) is 17.2 Å². The van der Waals surface area contributed by atoms with Crippen LogP contribution in [0, 0.1) is 25.7 Å². The number of likely N-dealkylation sites (N-methyl/N-ethyl adjacent to an activating group) is 1. The van der Waals surface area contributed by atoms with E-state index in [0.717, 1.165) is 129 Å². The van der Waals surface area contributed by atoms with Gasteiger partial charge in [-0.05, 0) is 156 Å². The number of rotatable bonds is 21. The van der Waals surface area contributed by atoms with Crippen LogP contribution >= 0.6 is 0 Å². The zero-order chi connectivity index (χ0) is 65.0. The third-order valence-electron chi connectivity index (χ3n) is 16.7. The Labute approximate surface area is 597 Å². The number of ether oxygens (including phenoxy) is 4. The molecule has 0 fully saturated rings. The van der Waals surface area contributed by atoms with E-state index in [1.54, 1.807) is 60.7 Å². The quantitative estimate of drug-likeness (QED) is 0.00958. The molecule has 16 nitrogen and oxygen atoms in total. The van der Waals surface area contributed by atoms with Crippen molar-refractivity contribution in [1.29, 1.82) is 0 Å². The standard InChI is InChI=1S/C35H34N2O4.C28H34F3N5O4.C7H16N.CH3B.CH3.Rb/c38-20-21-11-12-24(35(39)40)27(17-21)30-28-18-22-7-1-3-13-36-15-5-9-25(31(22)36)33(28)41-34-26-10-6-16-37-14-4-2-8-23(32(26)37)19-29(30)34;1-33-11-13-39-15-16-40-14-12-35-27(37)20-8-9-24(26(17-20)38-2)34-10-4-5-21-18-22-23(32)6-3-7-25(22)36(21)19-28(29,30)31;1-4-6-8(3)7-5-2;1-2;;/h11-12,17-20H,1-10,13-16H2;3,6-9,17-18,33-34H,10-16,19,32H2,1-2H3,(H,35,37);4H,5-7H2,1-3H3;1H3;1H3;/q;;3*-1;+1/p+1. The van der Waals surface area contributed by atoms with E-state index >= 15 is 0 Å². The fourth-order valence-corrected chi connectivity index (χ4v) is 12.8. The summed E-state index contributed by atoms with van der Waals surface area (Å²) in [5, 5.41) is 22.0. The van der Waals surface area contributed by atoms with Gasteiger partial charge in [0.25, 0.3) is 5.91 Å². The number of hydrogen-bond acceptors (Lipinski definition) is 12. The summed E-state index contributed by atoms with van der Waals surface area (Å²) >= 11 is 0. The number of hydrogen-bond donors (Lipinski definition) is 5. The minimum absolute atomic E-state index is 0. The summed E-state index contributed by atoms with van der Waals surface area (Å²) in [5.41, 5.74) is 17.6. The van der Waals surface area contributed by atoms with Crippen molar-refractivity contribution >= 4 is 59.5 Å². The molecule has 5 aromatic carbocycles. The Morgan fingerprint density at radius 2 is 1.61 bits per heavy atom. The Morgan fingerprint density at radius 1 is 0.882 bits per heavy atom. The molecule has 0 atom stereocenters. The zero-order valence-corrected chi connectivity index (χ0v) is 60.6. The smallest absolute Gasteiger partial charge is 0.631 e. The maximum atomic E-state index is 13.2. The number of carbonyl (C=O) groups is 3. The molecule has 0 bridgehead atoms. The van der Waals surface area contributed by atoms with Gasteiger partial charge in [0.05, 0.1) is 68.1 Å². The van der Waals surface area contributed by atoms with Gasteiger partial charge in [-0.2, -0.15) is 20.1 Å². The first kappa shape index (κ1) is 76.0. The van der Waals surface area contributed by atoms with Crippen molar-refractivity contribution in [3.8, 4) is 29.1 Å². The molecule has 21 heteroatoms. The van der Waals surface area contributed by atoms with Crippen LogP contribution in [0.25, 0.3) is 16.5 Å². The van der Waals surface area contributed by atoms with E-state index in [9.17, 15) is 32.7 Å². The Morgan fingerprint density at radius 3 is 2.33 bits per heavy atom. The average molecular weight is 1350 g/mol. The predicted molar refractivity (Wildman–Crippen MR) is 363 cm³/mol. The second kappa shape index (κ2) is 37.3. The van der Waals surface area contributed by atoms with Crippen molar-refractivity contribution in [1.82, 2.24) is 24.7 Å². The number of amides is 1. The molecule has 0 saturated heterocycles. The zero-order valence-electron chi connectivity index (χ0n) is 55.6. The van der Waals surface area contributed by atoms with Gasteiger partial charge in [0.15, 0.2) is 0 Å². The number of aldehydes is 1. The van der Waals surface area contributed by atoms with Gasteiger partial charge in [-0.3, -0.25) is 16.4 Å². The Hall–Kier alpha value is -6.02. The molecule has 6 aromatic rings. The normalized spacial score (nSPS) is 14.0. The topological polar surface area (TPSA) is 185 Å². The van der Waals surface area contributed by atoms with Crippen molar-refractivity contribution in [2.24, 2.45) is 0 Å². The summed E-state index contributed by atoms with van der Waals surface area (Å²) in [4.78, 5) is 42.0. The number of nitrogen functional groups attached to an aromatic ring is 1. The monoisotopic (exact) mass is 1350 g/mol. The van der Waals surface area contributed by atoms with Gasteiger partial charge in [-0.25, -0.2) is 9.37 Å². The van der Waals surface area contributed by atoms with Crippen LogP contribution < -0.4 is 109 Å². The fraction of sp³-hybridized carbons (Fsp3) is 0.444. The van der Waals surface area contributed by atoms with Gasteiger partial charge in [-0.1, -0.05) is 25.0 Å². The minimum atomic E-state index is -4.42. The molecule has 93 heavy (non-hydrogen) atoms. The third kappa shape index (κ3) is 19.4. The number of benzene rings is 5. The first-order valence-electron chi connectivity index (χ1n) is 31.9. The number of nitrogens with zero attached hydrogens (tertiary/aromatic N) is 4. The summed E-state index contributed by atoms with van der Waals surface area (Å²) in [5.74, 6) is 6.61. The fourth-order valence-electron chi connectivity index (χ4n) is 12.8. The number of alkyl halides is 3. The number of aryl methyl sites for hydroxylation is 2. The molecule has 493 valence electrons. The maximum Gasteiger partial charge on any atom is 1.00 e. The van der Waals surface area contributed by atoms with E-state index in [2.05, 4.69) is 89.5 Å². The average Bonchev–Trinajstić information content (AvgIpc) is 1.07. The van der Waals surface area contributed by atoms with Gasteiger partial charge in [0, 0.05) is 94.4 Å². The Kier molecular flexibility index (Phi) is 30.5. The Bertz CT molecular complexity index is 3730. The molecule has 0 saturated carbocycles. The van der Waals surface area contributed by atoms with Gasteiger partial charge in [-0.15, -0.1) is 6.54 Å². The first-order chi connectivity index (χ1) is 44.2. The molecule has 5 aliphatic rings. The van der Waals surface area contributed by atoms with E-state index in [0.29, 0.717) is 77.7 Å². The summed E-state index contributed by atoms with van der Waals surface area (Å²) in [6.45, 7) is 14.4. The van der Waals surface area contributed by atoms with Crippen LogP contribution in [-0.4, -0.2) is 153 Å². The van der Waals surface area contributed by atoms with Crippen molar-refractivity contribution < 1.29 is 110 Å². The predicted octanol–water partition coefficient (Wildman–Crippen LogP) is 6.86. The molecule has 0 spiro atoms. The van der Waals surface area contributed by atoms with Crippen molar-refractivity contribution in [3.63, 3.8) is 0 Å². The molecule has 0 aliphatic carbocycles. The van der Waals surface area contributed by atoms with Crippen LogP contribution in [0.3, 0.4) is 0 Å². The van der Waals surface area contributed by atoms with Gasteiger partial charge in [0.2, 0.25) is 5.36 Å². The van der Waals surface area contributed by atoms with Crippen LogP contribution in [0.4, 0.5) is 30.2 Å². The number of anilines is 3. The molecule has 6 heterocycles. The molecule has 3 radical (unpaired) electrons. The number of methoxy groups -OCH3 is 1. The van der Waals surface area contributed by atoms with E-state index < -0.39 is 18.7 Å². The largest absolute Gasteiger partial charge is 1.00 e. The molecular formula is C72H91BF3N8O8Rb-. The molecule has 1 amide bonds. The number of nitrogens with one attached hydrogen (secondary N) is 3. The van der Waals surface area contributed by atoms with Crippen LogP contribution in [0.2, 0.25) is 6.82 Å². The number of fused-ring (bicyclic) bond motifs is 5. The second-order valence-electron chi connectivity index (χ2n) is 23.1. The third-order valence-corrected chi connectivity index (χ3v) is 16.7. The van der Waals surface area contributed by atoms with Crippen LogP contribution in [0.15, 0.2) is 72.8 Å². The van der Waals surface area contributed by atoms with Crippen LogP contribution in [-0.2, 0) is 41.7 Å². The van der Waals surface area contributed by atoms with Crippen molar-refractivity contribution in [2.45, 2.75) is 104 Å². The number of carboxylic acids is 1. The number of aromatic carboxylic acids is 1. The van der Waals surface area contributed by atoms with Crippen molar-refractivity contribution in [3.05, 3.63) is 153 Å².